The molecule has 128 valence electrons. The quantitative estimate of drug-likeness (QED) is 0.217. The third-order valence-corrected chi connectivity index (χ3v) is 5.12. The first-order valence-corrected chi connectivity index (χ1v) is 9.21. The van der Waals surface area contributed by atoms with Crippen molar-refractivity contribution in [1.82, 2.24) is 0 Å². The summed E-state index contributed by atoms with van der Waals surface area (Å²) < 4.78 is 70.3. The van der Waals surface area contributed by atoms with Gasteiger partial charge in [-0.1, -0.05) is 42.5 Å². The Hall–Kier alpha value is -0.400. The van der Waals surface area contributed by atoms with E-state index in [2.05, 4.69) is 0 Å². The summed E-state index contributed by atoms with van der Waals surface area (Å²) >= 11 is 0. The van der Waals surface area contributed by atoms with Crippen LogP contribution >= 0.6 is 0 Å². The number of nitrogens with two attached hydrogens (primary N) is 2. The van der Waals surface area contributed by atoms with E-state index in [1.54, 1.807) is 0 Å². The van der Waals surface area contributed by atoms with Gasteiger partial charge in [-0.15, -0.1) is 0 Å². The Balaban J connectivity index is 0.00000312. The summed E-state index contributed by atoms with van der Waals surface area (Å²) in [5.41, 5.74) is 10.2. The molecular formula is C14H12N2Na2O6S2. The van der Waals surface area contributed by atoms with Crippen LogP contribution in [0.5, 0.6) is 0 Å². The van der Waals surface area contributed by atoms with E-state index >= 15 is 0 Å². The SMILES string of the molecule is Nc1cccc(C(=C(c2ccccc2)S(=O)(=O)[O-])S(=O)(=O)[O-])c1N.[Na+].[Na+]. The van der Waals surface area contributed by atoms with Crippen molar-refractivity contribution >= 4 is 41.4 Å². The summed E-state index contributed by atoms with van der Waals surface area (Å²) in [4.78, 5) is -2.40. The Labute approximate surface area is 195 Å². The molecule has 2 rings (SSSR count). The molecule has 0 heterocycles. The van der Waals surface area contributed by atoms with Crippen molar-refractivity contribution in [2.45, 2.75) is 0 Å². The largest absolute Gasteiger partial charge is 1.00 e. The molecule has 0 unspecified atom stereocenters. The van der Waals surface area contributed by atoms with Crippen LogP contribution in [0.3, 0.4) is 0 Å². The molecule has 0 saturated carbocycles. The monoisotopic (exact) mass is 414 g/mol. The van der Waals surface area contributed by atoms with Crippen molar-refractivity contribution in [1.29, 1.82) is 0 Å². The number of rotatable bonds is 4. The van der Waals surface area contributed by atoms with Gasteiger partial charge in [0.2, 0.25) is 0 Å². The summed E-state index contributed by atoms with van der Waals surface area (Å²) in [7, 11) is -10.7. The standard InChI is InChI=1S/C14H14N2O6S2.2Na/c15-11-8-4-7-10(12(11)16)14(24(20,21)22)13(23(17,18)19)9-5-2-1-3-6-9;;/h1-8H,15-16H2,(H,17,18,19)(H,20,21,22);;/q;2*+1/p-2. The van der Waals surface area contributed by atoms with Gasteiger partial charge < -0.3 is 20.6 Å². The summed E-state index contributed by atoms with van der Waals surface area (Å²) in [6, 6.07) is 10.4. The molecule has 0 atom stereocenters. The zero-order valence-electron chi connectivity index (χ0n) is 14.0. The second-order valence-electron chi connectivity index (χ2n) is 4.74. The number of anilines is 2. The van der Waals surface area contributed by atoms with Crippen LogP contribution in [0, 0.1) is 0 Å². The molecule has 0 fully saturated rings. The van der Waals surface area contributed by atoms with Gasteiger partial charge in [0.1, 0.15) is 20.2 Å². The molecule has 8 nitrogen and oxygen atoms in total. The molecule has 0 aliphatic carbocycles. The molecule has 0 aromatic heterocycles. The van der Waals surface area contributed by atoms with Gasteiger partial charge in [0.15, 0.2) is 0 Å². The van der Waals surface area contributed by atoms with E-state index in [0.717, 1.165) is 6.07 Å². The van der Waals surface area contributed by atoms with E-state index in [1.807, 2.05) is 0 Å². The van der Waals surface area contributed by atoms with Gasteiger partial charge in [-0.3, -0.25) is 0 Å². The molecular weight excluding hydrogens is 402 g/mol. The van der Waals surface area contributed by atoms with Crippen LogP contribution in [0.1, 0.15) is 11.1 Å². The summed E-state index contributed by atoms with van der Waals surface area (Å²) in [5, 5.41) is 0. The molecule has 0 aliphatic rings. The Bertz CT molecular complexity index is 1020. The Kier molecular flexibility index (Phi) is 9.54. The molecule has 2 aromatic carbocycles. The maximum Gasteiger partial charge on any atom is 1.00 e. The van der Waals surface area contributed by atoms with Gasteiger partial charge in [0, 0.05) is 5.56 Å². The zero-order chi connectivity index (χ0) is 18.1. The Morgan fingerprint density at radius 1 is 0.731 bits per heavy atom. The van der Waals surface area contributed by atoms with Crippen LogP contribution < -0.4 is 70.6 Å². The number of para-hydroxylation sites is 1. The van der Waals surface area contributed by atoms with E-state index in [9.17, 15) is 25.9 Å². The van der Waals surface area contributed by atoms with Crippen molar-refractivity contribution in [3.63, 3.8) is 0 Å². The first-order valence-electron chi connectivity index (χ1n) is 6.39. The molecule has 26 heavy (non-hydrogen) atoms. The molecule has 4 N–H and O–H groups in total. The number of hydrogen-bond acceptors (Lipinski definition) is 8. The Morgan fingerprint density at radius 3 is 1.69 bits per heavy atom. The second-order valence-corrected chi connectivity index (χ2v) is 7.37. The van der Waals surface area contributed by atoms with E-state index in [1.165, 1.54) is 42.5 Å². The van der Waals surface area contributed by atoms with Crippen molar-refractivity contribution in [3.05, 3.63) is 59.7 Å². The van der Waals surface area contributed by atoms with Gasteiger partial charge >= 0.3 is 59.1 Å². The van der Waals surface area contributed by atoms with Crippen molar-refractivity contribution in [2.75, 3.05) is 11.5 Å². The van der Waals surface area contributed by atoms with Crippen molar-refractivity contribution in [3.8, 4) is 0 Å². The molecule has 0 radical (unpaired) electrons. The first kappa shape index (κ1) is 25.6. The normalized spacial score (nSPS) is 12.4. The van der Waals surface area contributed by atoms with Gasteiger partial charge in [-0.05, 0) is 11.6 Å². The van der Waals surface area contributed by atoms with E-state index in [4.69, 9.17) is 11.5 Å². The Morgan fingerprint density at radius 2 is 1.23 bits per heavy atom. The third kappa shape index (κ3) is 5.80. The maximum absolute atomic E-state index is 11.7. The summed E-state index contributed by atoms with van der Waals surface area (Å²) in [6.45, 7) is 0. The second kappa shape index (κ2) is 9.69. The van der Waals surface area contributed by atoms with E-state index in [-0.39, 0.29) is 76.1 Å². The molecule has 12 heteroatoms. The fourth-order valence-electron chi connectivity index (χ4n) is 2.13. The molecule has 0 bridgehead atoms. The fraction of sp³-hybridized carbons (Fsp3) is 0. The minimum absolute atomic E-state index is 0. The smallest absolute Gasteiger partial charge is 0.744 e. The average molecular weight is 414 g/mol. The van der Waals surface area contributed by atoms with Crippen molar-refractivity contribution in [2.24, 2.45) is 0 Å². The summed E-state index contributed by atoms with van der Waals surface area (Å²) in [6.07, 6.45) is 0. The third-order valence-electron chi connectivity index (χ3n) is 3.13. The number of nitrogen functional groups attached to an aromatic ring is 2. The zero-order valence-corrected chi connectivity index (χ0v) is 19.7. The van der Waals surface area contributed by atoms with Crippen molar-refractivity contribution < 1.29 is 85.1 Å². The van der Waals surface area contributed by atoms with Gasteiger partial charge in [0.25, 0.3) is 0 Å². The molecule has 0 amide bonds. The van der Waals surface area contributed by atoms with Gasteiger partial charge in [-0.25, -0.2) is 16.8 Å². The summed E-state index contributed by atoms with van der Waals surface area (Å²) in [5.74, 6) is 0. The predicted octanol–water partition coefficient (Wildman–Crippen LogP) is -5.22. The van der Waals surface area contributed by atoms with E-state index in [0.29, 0.717) is 0 Å². The average Bonchev–Trinajstić information content (AvgIpc) is 2.46. The minimum Gasteiger partial charge on any atom is -0.744 e. The van der Waals surface area contributed by atoms with Crippen LogP contribution in [0.15, 0.2) is 48.5 Å². The van der Waals surface area contributed by atoms with E-state index < -0.39 is 35.6 Å². The van der Waals surface area contributed by atoms with Gasteiger partial charge in [0.05, 0.1) is 21.2 Å². The molecule has 0 spiro atoms. The maximum atomic E-state index is 11.7. The van der Waals surface area contributed by atoms with Crippen LogP contribution in [-0.2, 0) is 20.2 Å². The van der Waals surface area contributed by atoms with Crippen LogP contribution in [0.25, 0.3) is 9.81 Å². The topological polar surface area (TPSA) is 166 Å². The minimum atomic E-state index is -5.37. The first-order chi connectivity index (χ1) is 11.0. The molecule has 2 aromatic rings. The number of benzene rings is 2. The van der Waals surface area contributed by atoms with Gasteiger partial charge in [-0.2, -0.15) is 0 Å². The predicted molar refractivity (Wildman–Crippen MR) is 87.9 cm³/mol. The van der Waals surface area contributed by atoms with Crippen LogP contribution in [-0.4, -0.2) is 25.9 Å². The fourth-order valence-corrected chi connectivity index (χ4v) is 4.30. The van der Waals surface area contributed by atoms with Crippen LogP contribution in [0.2, 0.25) is 0 Å². The molecule has 0 aliphatic heterocycles. The van der Waals surface area contributed by atoms with Crippen LogP contribution in [0.4, 0.5) is 11.4 Å². The molecule has 0 saturated heterocycles. The number of hydrogen-bond donors (Lipinski definition) is 2.